The van der Waals surface area contributed by atoms with Crippen LogP contribution < -0.4 is 5.32 Å². The zero-order valence-electron chi connectivity index (χ0n) is 13.4. The van der Waals surface area contributed by atoms with Crippen LogP contribution in [0.15, 0.2) is 24.3 Å². The van der Waals surface area contributed by atoms with Crippen LogP contribution in [0.1, 0.15) is 33.3 Å². The highest BCUT2D eigenvalue weighted by Gasteiger charge is 2.18. The summed E-state index contributed by atoms with van der Waals surface area (Å²) in [6.07, 6.45) is 0. The molecule has 21 heavy (non-hydrogen) atoms. The van der Waals surface area contributed by atoms with Crippen molar-refractivity contribution in [2.45, 2.75) is 33.4 Å². The molecule has 0 fully saturated rings. The molecule has 1 aromatic carbocycles. The van der Waals surface area contributed by atoms with Crippen LogP contribution in [-0.4, -0.2) is 18.2 Å². The highest BCUT2D eigenvalue weighted by atomic mass is 35.5. The van der Waals surface area contributed by atoms with E-state index in [1.54, 1.807) is 11.8 Å². The van der Waals surface area contributed by atoms with Gasteiger partial charge < -0.3 is 5.32 Å². The smallest absolute Gasteiger partial charge is 0.230 e. The number of hydrogen-bond acceptors (Lipinski definition) is 2. The molecule has 0 aliphatic heterocycles. The van der Waals surface area contributed by atoms with E-state index in [1.807, 2.05) is 24.3 Å². The lowest BCUT2D eigenvalue weighted by Gasteiger charge is -2.25. The van der Waals surface area contributed by atoms with Gasteiger partial charge in [0.15, 0.2) is 0 Å². The normalized spacial score (nSPS) is 11.4. The first-order valence-electron chi connectivity index (χ1n) is 7.49. The molecule has 0 heterocycles. The van der Waals surface area contributed by atoms with Gasteiger partial charge in [0.2, 0.25) is 5.91 Å². The molecule has 4 heteroatoms. The minimum atomic E-state index is 0.125. The minimum absolute atomic E-state index is 0.125. The van der Waals surface area contributed by atoms with E-state index in [4.69, 9.17) is 11.6 Å². The molecule has 0 bridgehead atoms. The molecule has 0 aromatic heterocycles. The van der Waals surface area contributed by atoms with Crippen molar-refractivity contribution in [2.75, 3.05) is 12.3 Å². The summed E-state index contributed by atoms with van der Waals surface area (Å²) in [5.41, 5.74) is 1.19. The molecule has 0 saturated heterocycles. The maximum absolute atomic E-state index is 11.9. The van der Waals surface area contributed by atoms with E-state index < -0.39 is 0 Å². The third-order valence-electron chi connectivity index (χ3n) is 3.66. The predicted molar refractivity (Wildman–Crippen MR) is 93.8 cm³/mol. The first-order valence-corrected chi connectivity index (χ1v) is 9.02. The average molecular weight is 328 g/mol. The Morgan fingerprint density at radius 3 is 2.24 bits per heavy atom. The molecule has 1 N–H and O–H groups in total. The van der Waals surface area contributed by atoms with Crippen LogP contribution in [0, 0.1) is 17.8 Å². The Labute approximate surface area is 138 Å². The molecule has 0 spiro atoms. The minimum Gasteiger partial charge on any atom is -0.355 e. The molecule has 0 saturated carbocycles. The Morgan fingerprint density at radius 1 is 1.14 bits per heavy atom. The van der Waals surface area contributed by atoms with E-state index in [-0.39, 0.29) is 5.91 Å². The first-order chi connectivity index (χ1) is 9.90. The van der Waals surface area contributed by atoms with Gasteiger partial charge in [-0.3, -0.25) is 4.79 Å². The van der Waals surface area contributed by atoms with Gasteiger partial charge >= 0.3 is 0 Å². The van der Waals surface area contributed by atoms with Crippen molar-refractivity contribution in [1.82, 2.24) is 5.32 Å². The lowest BCUT2D eigenvalue weighted by Crippen LogP contribution is -2.34. The van der Waals surface area contributed by atoms with Crippen LogP contribution >= 0.6 is 23.4 Å². The van der Waals surface area contributed by atoms with E-state index in [9.17, 15) is 4.79 Å². The second kappa shape index (κ2) is 9.37. The van der Waals surface area contributed by atoms with Crippen molar-refractivity contribution in [3.8, 4) is 0 Å². The molecule has 1 rings (SSSR count). The van der Waals surface area contributed by atoms with Crippen LogP contribution in [0.25, 0.3) is 0 Å². The number of benzene rings is 1. The Bertz CT molecular complexity index is 423. The van der Waals surface area contributed by atoms with Gasteiger partial charge in [-0.05, 0) is 35.4 Å². The van der Waals surface area contributed by atoms with Gasteiger partial charge in [0.25, 0.3) is 0 Å². The molecule has 1 amide bonds. The molecule has 2 nitrogen and oxygen atoms in total. The maximum atomic E-state index is 11.9. The number of carbonyl (C=O) groups is 1. The summed E-state index contributed by atoms with van der Waals surface area (Å²) in [6, 6.07) is 7.77. The fourth-order valence-corrected chi connectivity index (χ4v) is 3.31. The molecular formula is C17H26ClNOS. The summed E-state index contributed by atoms with van der Waals surface area (Å²) in [5, 5.41) is 3.81. The van der Waals surface area contributed by atoms with Crippen molar-refractivity contribution in [3.63, 3.8) is 0 Å². The molecule has 0 aliphatic carbocycles. The zero-order chi connectivity index (χ0) is 15.8. The largest absolute Gasteiger partial charge is 0.355 e. The molecule has 0 unspecified atom stereocenters. The Hall–Kier alpha value is -0.670. The fraction of sp³-hybridized carbons (Fsp3) is 0.588. The van der Waals surface area contributed by atoms with Gasteiger partial charge in [-0.15, -0.1) is 11.8 Å². The summed E-state index contributed by atoms with van der Waals surface area (Å²) >= 11 is 7.48. The number of amides is 1. The van der Waals surface area contributed by atoms with Crippen LogP contribution in [-0.2, 0) is 10.5 Å². The summed E-state index contributed by atoms with van der Waals surface area (Å²) in [4.78, 5) is 11.9. The zero-order valence-corrected chi connectivity index (χ0v) is 14.9. The van der Waals surface area contributed by atoms with Crippen molar-refractivity contribution in [2.24, 2.45) is 17.8 Å². The summed E-state index contributed by atoms with van der Waals surface area (Å²) in [7, 11) is 0. The highest BCUT2D eigenvalue weighted by Crippen LogP contribution is 2.19. The van der Waals surface area contributed by atoms with E-state index in [2.05, 4.69) is 33.0 Å². The number of hydrogen-bond donors (Lipinski definition) is 1. The number of nitrogens with one attached hydrogen (secondary N) is 1. The molecular weight excluding hydrogens is 302 g/mol. The molecule has 118 valence electrons. The average Bonchev–Trinajstić information content (AvgIpc) is 2.40. The van der Waals surface area contributed by atoms with E-state index in [1.165, 1.54) is 5.56 Å². The van der Waals surface area contributed by atoms with Gasteiger partial charge in [-0.1, -0.05) is 51.4 Å². The van der Waals surface area contributed by atoms with Gasteiger partial charge in [0.05, 0.1) is 5.75 Å². The van der Waals surface area contributed by atoms with Gasteiger partial charge in [-0.2, -0.15) is 0 Å². The highest BCUT2D eigenvalue weighted by molar-refractivity contribution is 7.99. The number of halogens is 1. The SMILES string of the molecule is CC(C)C(CNC(=O)CSCc1ccc(Cl)cc1)C(C)C. The van der Waals surface area contributed by atoms with Crippen LogP contribution in [0.3, 0.4) is 0 Å². The van der Waals surface area contributed by atoms with Gasteiger partial charge in [0.1, 0.15) is 0 Å². The topological polar surface area (TPSA) is 29.1 Å². The Balaban J connectivity index is 2.26. The number of rotatable bonds is 8. The van der Waals surface area contributed by atoms with Gasteiger partial charge in [-0.25, -0.2) is 0 Å². The lowest BCUT2D eigenvalue weighted by molar-refractivity contribution is -0.118. The summed E-state index contributed by atoms with van der Waals surface area (Å²) in [5.74, 6) is 3.18. The van der Waals surface area contributed by atoms with Gasteiger partial charge in [0, 0.05) is 17.3 Å². The second-order valence-electron chi connectivity index (χ2n) is 6.08. The Morgan fingerprint density at radius 2 is 1.71 bits per heavy atom. The summed E-state index contributed by atoms with van der Waals surface area (Å²) in [6.45, 7) is 9.63. The monoisotopic (exact) mass is 327 g/mol. The standard InChI is InChI=1S/C17H26ClNOS/c1-12(2)16(13(3)4)9-19-17(20)11-21-10-14-5-7-15(18)8-6-14/h5-8,12-13,16H,9-11H2,1-4H3,(H,19,20). The quantitative estimate of drug-likeness (QED) is 0.755. The van der Waals surface area contributed by atoms with E-state index in [0.717, 1.165) is 17.3 Å². The van der Waals surface area contributed by atoms with Crippen LogP contribution in [0.5, 0.6) is 0 Å². The number of carbonyl (C=O) groups excluding carboxylic acids is 1. The third-order valence-corrected chi connectivity index (χ3v) is 4.92. The first kappa shape index (κ1) is 18.4. The molecule has 1 aromatic rings. The number of thioether (sulfide) groups is 1. The predicted octanol–water partition coefficient (Wildman–Crippen LogP) is 4.62. The van der Waals surface area contributed by atoms with Crippen LogP contribution in [0.4, 0.5) is 0 Å². The molecule has 0 atom stereocenters. The summed E-state index contributed by atoms with van der Waals surface area (Å²) < 4.78 is 0. The van der Waals surface area contributed by atoms with Crippen molar-refractivity contribution >= 4 is 29.3 Å². The Kier molecular flexibility index (Phi) is 8.20. The van der Waals surface area contributed by atoms with Crippen LogP contribution in [0.2, 0.25) is 5.02 Å². The van der Waals surface area contributed by atoms with E-state index >= 15 is 0 Å². The van der Waals surface area contributed by atoms with Crippen molar-refractivity contribution < 1.29 is 4.79 Å². The van der Waals surface area contributed by atoms with Crippen molar-refractivity contribution in [1.29, 1.82) is 0 Å². The third kappa shape index (κ3) is 7.23. The maximum Gasteiger partial charge on any atom is 0.230 e. The second-order valence-corrected chi connectivity index (χ2v) is 7.50. The van der Waals surface area contributed by atoms with E-state index in [0.29, 0.717) is 23.5 Å². The van der Waals surface area contributed by atoms with Crippen molar-refractivity contribution in [3.05, 3.63) is 34.9 Å². The molecule has 0 radical (unpaired) electrons. The molecule has 0 aliphatic rings. The fourth-order valence-electron chi connectivity index (χ4n) is 2.37. The lowest BCUT2D eigenvalue weighted by atomic mass is 9.85.